The van der Waals surface area contributed by atoms with Crippen molar-refractivity contribution in [2.75, 3.05) is 13.1 Å². The molecule has 1 amide bonds. The highest BCUT2D eigenvalue weighted by atomic mass is 35.5. The summed E-state index contributed by atoms with van der Waals surface area (Å²) in [5.41, 5.74) is -0.117. The van der Waals surface area contributed by atoms with E-state index < -0.39 is 4.92 Å². The van der Waals surface area contributed by atoms with E-state index in [1.165, 1.54) is 18.2 Å². The van der Waals surface area contributed by atoms with E-state index in [0.717, 1.165) is 6.42 Å². The lowest BCUT2D eigenvalue weighted by molar-refractivity contribution is -0.384. The number of carbonyl (C=O) groups is 1. The van der Waals surface area contributed by atoms with Crippen LogP contribution in [0.5, 0.6) is 0 Å². The first kappa shape index (κ1) is 15.2. The molecule has 0 saturated carbocycles. The Morgan fingerprint density at radius 2 is 2.26 bits per heavy atom. The number of carbonyl (C=O) groups excluding carboxylic acids is 1. The molecular formula is C13H15ClN2O3. The van der Waals surface area contributed by atoms with Crippen molar-refractivity contribution in [3.05, 3.63) is 51.6 Å². The van der Waals surface area contributed by atoms with Gasteiger partial charge in [0.25, 0.3) is 11.6 Å². The Labute approximate surface area is 116 Å². The molecule has 0 aliphatic rings. The predicted octanol–water partition coefficient (Wildman–Crippen LogP) is 3.29. The van der Waals surface area contributed by atoms with Gasteiger partial charge in [0.05, 0.1) is 10.5 Å². The van der Waals surface area contributed by atoms with Crippen LogP contribution in [0.4, 0.5) is 5.69 Å². The van der Waals surface area contributed by atoms with E-state index in [4.69, 9.17) is 11.6 Å². The number of nitro benzene ring substituents is 1. The monoisotopic (exact) mass is 282 g/mol. The zero-order valence-electron chi connectivity index (χ0n) is 10.6. The van der Waals surface area contributed by atoms with E-state index in [9.17, 15) is 14.9 Å². The Bertz CT molecular complexity index is 503. The molecule has 0 atom stereocenters. The van der Waals surface area contributed by atoms with E-state index in [1.807, 2.05) is 6.92 Å². The van der Waals surface area contributed by atoms with E-state index in [-0.39, 0.29) is 22.2 Å². The Morgan fingerprint density at radius 1 is 1.58 bits per heavy atom. The maximum atomic E-state index is 12.3. The second-order valence-electron chi connectivity index (χ2n) is 3.94. The number of halogens is 1. The highest BCUT2D eigenvalue weighted by Gasteiger charge is 2.22. The average Bonchev–Trinajstić information content (AvgIpc) is 2.37. The third-order valence-corrected chi connectivity index (χ3v) is 2.93. The lowest BCUT2D eigenvalue weighted by atomic mass is 10.1. The SMILES string of the molecule is C=CCN(CCC)C(=O)c1cccc([N+](=O)[O-])c1Cl. The van der Waals surface area contributed by atoms with Gasteiger partial charge in [0.2, 0.25) is 0 Å². The smallest absolute Gasteiger partial charge is 0.288 e. The maximum Gasteiger partial charge on any atom is 0.288 e. The summed E-state index contributed by atoms with van der Waals surface area (Å²) < 4.78 is 0. The van der Waals surface area contributed by atoms with Gasteiger partial charge in [-0.05, 0) is 12.5 Å². The van der Waals surface area contributed by atoms with Gasteiger partial charge in [0.1, 0.15) is 5.02 Å². The van der Waals surface area contributed by atoms with Crippen LogP contribution in [0.2, 0.25) is 5.02 Å². The Kier molecular flexibility index (Phi) is 5.51. The van der Waals surface area contributed by atoms with E-state index in [0.29, 0.717) is 13.1 Å². The number of nitrogens with zero attached hydrogens (tertiary/aromatic N) is 2. The molecule has 0 heterocycles. The minimum atomic E-state index is -0.600. The minimum Gasteiger partial charge on any atom is -0.335 e. The van der Waals surface area contributed by atoms with Crippen molar-refractivity contribution in [1.29, 1.82) is 0 Å². The van der Waals surface area contributed by atoms with Gasteiger partial charge >= 0.3 is 0 Å². The second kappa shape index (κ2) is 6.89. The standard InChI is InChI=1S/C13H15ClN2O3/c1-3-8-15(9-4-2)13(17)10-6-5-7-11(12(10)14)16(18)19/h3,5-7H,1,4,8-9H2,2H3. The van der Waals surface area contributed by atoms with Crippen molar-refractivity contribution in [3.8, 4) is 0 Å². The lowest BCUT2D eigenvalue weighted by Crippen LogP contribution is -2.32. The van der Waals surface area contributed by atoms with Gasteiger partial charge in [-0.2, -0.15) is 0 Å². The highest BCUT2D eigenvalue weighted by molar-refractivity contribution is 6.35. The summed E-state index contributed by atoms with van der Waals surface area (Å²) in [6, 6.07) is 4.22. The summed E-state index contributed by atoms with van der Waals surface area (Å²) in [4.78, 5) is 24.0. The van der Waals surface area contributed by atoms with Crippen LogP contribution in [0.1, 0.15) is 23.7 Å². The van der Waals surface area contributed by atoms with Crippen molar-refractivity contribution in [2.24, 2.45) is 0 Å². The molecule has 0 aliphatic carbocycles. The van der Waals surface area contributed by atoms with Crippen LogP contribution in [0.25, 0.3) is 0 Å². The van der Waals surface area contributed by atoms with Crippen LogP contribution in [0.15, 0.2) is 30.9 Å². The fourth-order valence-corrected chi connectivity index (χ4v) is 1.97. The first-order chi connectivity index (χ1) is 9.02. The van der Waals surface area contributed by atoms with Crippen LogP contribution in [0, 0.1) is 10.1 Å². The number of nitro groups is 1. The van der Waals surface area contributed by atoms with Crippen molar-refractivity contribution in [2.45, 2.75) is 13.3 Å². The molecule has 6 heteroatoms. The van der Waals surface area contributed by atoms with E-state index in [2.05, 4.69) is 6.58 Å². The van der Waals surface area contributed by atoms with Gasteiger partial charge in [0.15, 0.2) is 0 Å². The zero-order chi connectivity index (χ0) is 14.4. The molecule has 1 rings (SSSR count). The zero-order valence-corrected chi connectivity index (χ0v) is 11.4. The number of rotatable bonds is 6. The Hall–Kier alpha value is -1.88. The third-order valence-electron chi connectivity index (χ3n) is 2.54. The summed E-state index contributed by atoms with van der Waals surface area (Å²) >= 11 is 5.93. The molecule has 0 aromatic heterocycles. The molecule has 0 unspecified atom stereocenters. The van der Waals surface area contributed by atoms with Crippen LogP contribution in [0.3, 0.4) is 0 Å². The third kappa shape index (κ3) is 3.54. The minimum absolute atomic E-state index is 0.123. The molecule has 1 aromatic rings. The first-order valence-corrected chi connectivity index (χ1v) is 6.23. The molecule has 0 fully saturated rings. The first-order valence-electron chi connectivity index (χ1n) is 5.86. The van der Waals surface area contributed by atoms with Crippen molar-refractivity contribution < 1.29 is 9.72 Å². The van der Waals surface area contributed by atoms with Crippen LogP contribution >= 0.6 is 11.6 Å². The van der Waals surface area contributed by atoms with Crippen molar-refractivity contribution in [3.63, 3.8) is 0 Å². The largest absolute Gasteiger partial charge is 0.335 e. The molecule has 0 radical (unpaired) electrons. The molecule has 0 saturated heterocycles. The molecular weight excluding hydrogens is 268 g/mol. The molecule has 0 spiro atoms. The molecule has 0 N–H and O–H groups in total. The van der Waals surface area contributed by atoms with Gasteiger partial charge in [-0.3, -0.25) is 14.9 Å². The van der Waals surface area contributed by atoms with Crippen molar-refractivity contribution in [1.82, 2.24) is 4.90 Å². The van der Waals surface area contributed by atoms with Crippen LogP contribution < -0.4 is 0 Å². The van der Waals surface area contributed by atoms with Crippen LogP contribution in [-0.4, -0.2) is 28.8 Å². The average molecular weight is 283 g/mol. The predicted molar refractivity (Wildman–Crippen MR) is 74.5 cm³/mol. The normalized spacial score (nSPS) is 10.0. The number of benzene rings is 1. The number of amides is 1. The summed E-state index contributed by atoms with van der Waals surface area (Å²) in [6.07, 6.45) is 2.39. The van der Waals surface area contributed by atoms with Gasteiger partial charge < -0.3 is 4.90 Å². The van der Waals surface area contributed by atoms with Gasteiger partial charge in [-0.1, -0.05) is 30.7 Å². The Morgan fingerprint density at radius 3 is 2.79 bits per heavy atom. The summed E-state index contributed by atoms with van der Waals surface area (Å²) in [5.74, 6) is -0.324. The molecule has 0 bridgehead atoms. The van der Waals surface area contributed by atoms with Gasteiger partial charge in [-0.25, -0.2) is 0 Å². The summed E-state index contributed by atoms with van der Waals surface area (Å²) in [7, 11) is 0. The van der Waals surface area contributed by atoms with E-state index >= 15 is 0 Å². The summed E-state index contributed by atoms with van der Waals surface area (Å²) in [6.45, 7) is 6.46. The molecule has 1 aromatic carbocycles. The molecule has 102 valence electrons. The Balaban J connectivity index is 3.14. The second-order valence-corrected chi connectivity index (χ2v) is 4.31. The van der Waals surface area contributed by atoms with Gasteiger partial charge in [-0.15, -0.1) is 6.58 Å². The quantitative estimate of drug-likeness (QED) is 0.457. The molecule has 0 aliphatic heterocycles. The topological polar surface area (TPSA) is 63.5 Å². The number of hydrogen-bond acceptors (Lipinski definition) is 3. The van der Waals surface area contributed by atoms with Crippen LogP contribution in [-0.2, 0) is 0 Å². The maximum absolute atomic E-state index is 12.3. The molecule has 19 heavy (non-hydrogen) atoms. The fourth-order valence-electron chi connectivity index (χ4n) is 1.70. The fraction of sp³-hybridized carbons (Fsp3) is 0.308. The number of hydrogen-bond donors (Lipinski definition) is 0. The highest BCUT2D eigenvalue weighted by Crippen LogP contribution is 2.28. The van der Waals surface area contributed by atoms with Crippen molar-refractivity contribution >= 4 is 23.2 Å². The van der Waals surface area contributed by atoms with E-state index in [1.54, 1.807) is 11.0 Å². The summed E-state index contributed by atoms with van der Waals surface area (Å²) in [5, 5.41) is 10.7. The lowest BCUT2D eigenvalue weighted by Gasteiger charge is -2.20. The molecule has 5 nitrogen and oxygen atoms in total. The van der Waals surface area contributed by atoms with Gasteiger partial charge in [0, 0.05) is 19.2 Å².